The molecule has 0 bridgehead atoms. The summed E-state index contributed by atoms with van der Waals surface area (Å²) in [6.45, 7) is 3.80. The van der Waals surface area contributed by atoms with E-state index in [0.29, 0.717) is 55.4 Å². The standard InChI is InChI=1S/C18H26ClN3O4/c1-12(20)18(24)22-8-5-14(6-9-22)26-16-4-3-13(11-15(16)19)17(23)21-7-10-25-2/h3-4,11-12,14H,5-10,20H2,1-2H3,(H,21,23). The summed E-state index contributed by atoms with van der Waals surface area (Å²) >= 11 is 6.26. The molecule has 0 spiro atoms. The van der Waals surface area contributed by atoms with Gasteiger partial charge in [-0.2, -0.15) is 0 Å². The summed E-state index contributed by atoms with van der Waals surface area (Å²) in [5, 5.41) is 3.13. The summed E-state index contributed by atoms with van der Waals surface area (Å²) in [4.78, 5) is 25.7. The molecule has 1 aromatic rings. The van der Waals surface area contributed by atoms with Crippen LogP contribution in [-0.2, 0) is 9.53 Å². The monoisotopic (exact) mass is 383 g/mol. The summed E-state index contributed by atoms with van der Waals surface area (Å²) in [5.41, 5.74) is 6.11. The number of rotatable bonds is 7. The lowest BCUT2D eigenvalue weighted by atomic mass is 10.1. The molecule has 1 aliphatic heterocycles. The van der Waals surface area contributed by atoms with Crippen molar-refractivity contribution in [1.29, 1.82) is 0 Å². The second kappa shape index (κ2) is 9.75. The molecule has 0 aromatic heterocycles. The highest BCUT2D eigenvalue weighted by Gasteiger charge is 2.26. The predicted octanol–water partition coefficient (Wildman–Crippen LogP) is 1.43. The van der Waals surface area contributed by atoms with Crippen LogP contribution in [0, 0.1) is 0 Å². The molecule has 1 fully saturated rings. The molecule has 1 aliphatic rings. The Labute approximate surface area is 158 Å². The van der Waals surface area contributed by atoms with Crippen LogP contribution in [-0.4, -0.2) is 62.2 Å². The van der Waals surface area contributed by atoms with Gasteiger partial charge in [0.15, 0.2) is 0 Å². The van der Waals surface area contributed by atoms with Crippen LogP contribution in [0.25, 0.3) is 0 Å². The van der Waals surface area contributed by atoms with Crippen molar-refractivity contribution < 1.29 is 19.1 Å². The molecule has 1 unspecified atom stereocenters. The number of likely N-dealkylation sites (tertiary alicyclic amines) is 1. The van der Waals surface area contributed by atoms with Gasteiger partial charge in [0.05, 0.1) is 17.7 Å². The second-order valence-electron chi connectivity index (χ2n) is 6.33. The number of piperidine rings is 1. The first kappa shape index (κ1) is 20.5. The van der Waals surface area contributed by atoms with Gasteiger partial charge in [0.2, 0.25) is 5.91 Å². The minimum Gasteiger partial charge on any atom is -0.489 e. The number of carbonyl (C=O) groups excluding carboxylic acids is 2. The van der Waals surface area contributed by atoms with Gasteiger partial charge >= 0.3 is 0 Å². The number of halogens is 1. The average Bonchev–Trinajstić information content (AvgIpc) is 2.63. The van der Waals surface area contributed by atoms with E-state index in [1.165, 1.54) is 0 Å². The first-order valence-electron chi connectivity index (χ1n) is 8.70. The maximum Gasteiger partial charge on any atom is 0.251 e. The average molecular weight is 384 g/mol. The molecule has 7 nitrogen and oxygen atoms in total. The van der Waals surface area contributed by atoms with Gasteiger partial charge in [-0.05, 0) is 25.1 Å². The molecule has 0 aliphatic carbocycles. The zero-order chi connectivity index (χ0) is 19.1. The maximum atomic E-state index is 12.0. The third-order valence-corrected chi connectivity index (χ3v) is 4.52. The van der Waals surface area contributed by atoms with Crippen molar-refractivity contribution >= 4 is 23.4 Å². The number of nitrogens with zero attached hydrogens (tertiary/aromatic N) is 1. The molecule has 3 N–H and O–H groups in total. The first-order valence-corrected chi connectivity index (χ1v) is 9.08. The smallest absolute Gasteiger partial charge is 0.251 e. The van der Waals surface area contributed by atoms with Gasteiger partial charge in [0.25, 0.3) is 5.91 Å². The van der Waals surface area contributed by atoms with E-state index >= 15 is 0 Å². The normalized spacial score (nSPS) is 16.2. The zero-order valence-corrected chi connectivity index (χ0v) is 15.9. The molecule has 1 atom stereocenters. The van der Waals surface area contributed by atoms with E-state index in [0.717, 1.165) is 0 Å². The third kappa shape index (κ3) is 5.59. The van der Waals surface area contributed by atoms with E-state index in [4.69, 9.17) is 26.8 Å². The van der Waals surface area contributed by atoms with Crippen molar-refractivity contribution in [3.63, 3.8) is 0 Å². The Morgan fingerprint density at radius 2 is 2.08 bits per heavy atom. The maximum absolute atomic E-state index is 12.0. The number of amides is 2. The van der Waals surface area contributed by atoms with E-state index in [9.17, 15) is 9.59 Å². The van der Waals surface area contributed by atoms with Crippen LogP contribution in [0.15, 0.2) is 18.2 Å². The number of methoxy groups -OCH3 is 1. The number of hydrogen-bond acceptors (Lipinski definition) is 5. The van der Waals surface area contributed by atoms with Gasteiger partial charge in [0.1, 0.15) is 11.9 Å². The van der Waals surface area contributed by atoms with Crippen LogP contribution in [0.3, 0.4) is 0 Å². The summed E-state index contributed by atoms with van der Waals surface area (Å²) in [7, 11) is 1.58. The van der Waals surface area contributed by atoms with E-state index < -0.39 is 6.04 Å². The highest BCUT2D eigenvalue weighted by atomic mass is 35.5. The van der Waals surface area contributed by atoms with Gasteiger partial charge in [-0.15, -0.1) is 0 Å². The summed E-state index contributed by atoms with van der Waals surface area (Å²) in [6.07, 6.45) is 1.41. The molecule has 2 rings (SSSR count). The van der Waals surface area contributed by atoms with E-state index in [2.05, 4.69) is 5.32 Å². The Hall–Kier alpha value is -1.83. The number of carbonyl (C=O) groups is 2. The molecule has 1 saturated heterocycles. The van der Waals surface area contributed by atoms with Crippen LogP contribution >= 0.6 is 11.6 Å². The highest BCUT2D eigenvalue weighted by molar-refractivity contribution is 6.32. The molecular weight excluding hydrogens is 358 g/mol. The number of nitrogens with two attached hydrogens (primary N) is 1. The van der Waals surface area contributed by atoms with Gasteiger partial charge in [-0.1, -0.05) is 11.6 Å². The number of nitrogens with one attached hydrogen (secondary N) is 1. The van der Waals surface area contributed by atoms with E-state index in [-0.39, 0.29) is 17.9 Å². The Balaban J connectivity index is 1.89. The minimum atomic E-state index is -0.482. The molecular formula is C18H26ClN3O4. The fourth-order valence-electron chi connectivity index (χ4n) is 2.77. The van der Waals surface area contributed by atoms with Gasteiger partial charge < -0.3 is 25.4 Å². The van der Waals surface area contributed by atoms with E-state index in [1.54, 1.807) is 37.1 Å². The fraction of sp³-hybridized carbons (Fsp3) is 0.556. The lowest BCUT2D eigenvalue weighted by molar-refractivity contribution is -0.133. The Morgan fingerprint density at radius 1 is 1.38 bits per heavy atom. The van der Waals surface area contributed by atoms with Crippen molar-refractivity contribution in [1.82, 2.24) is 10.2 Å². The number of hydrogen-bond donors (Lipinski definition) is 2. The predicted molar refractivity (Wildman–Crippen MR) is 99.5 cm³/mol. The van der Waals surface area contributed by atoms with E-state index in [1.807, 2.05) is 0 Å². The number of ether oxygens (including phenoxy) is 2. The topological polar surface area (TPSA) is 93.9 Å². The van der Waals surface area contributed by atoms with Crippen molar-refractivity contribution in [2.75, 3.05) is 33.4 Å². The number of benzene rings is 1. The largest absolute Gasteiger partial charge is 0.489 e. The second-order valence-corrected chi connectivity index (χ2v) is 6.73. The molecule has 144 valence electrons. The molecule has 0 radical (unpaired) electrons. The molecule has 1 heterocycles. The Bertz CT molecular complexity index is 631. The van der Waals surface area contributed by atoms with Gasteiger partial charge in [-0.25, -0.2) is 0 Å². The Kier molecular flexibility index (Phi) is 7.68. The lowest BCUT2D eigenvalue weighted by Crippen LogP contribution is -2.47. The molecule has 2 amide bonds. The quantitative estimate of drug-likeness (QED) is 0.695. The van der Waals surface area contributed by atoms with Crippen molar-refractivity contribution in [3.8, 4) is 5.75 Å². The third-order valence-electron chi connectivity index (χ3n) is 4.22. The molecule has 26 heavy (non-hydrogen) atoms. The van der Waals surface area contributed by atoms with Gasteiger partial charge in [0, 0.05) is 45.1 Å². The first-order chi connectivity index (χ1) is 12.4. The molecule has 1 aromatic carbocycles. The molecule has 0 saturated carbocycles. The van der Waals surface area contributed by atoms with Crippen LogP contribution < -0.4 is 15.8 Å². The fourth-order valence-corrected chi connectivity index (χ4v) is 2.99. The van der Waals surface area contributed by atoms with Crippen LogP contribution in [0.1, 0.15) is 30.1 Å². The lowest BCUT2D eigenvalue weighted by Gasteiger charge is -2.33. The minimum absolute atomic E-state index is 0.0222. The van der Waals surface area contributed by atoms with Crippen molar-refractivity contribution in [2.45, 2.75) is 31.9 Å². The summed E-state index contributed by atoms with van der Waals surface area (Å²) in [6, 6.07) is 4.49. The summed E-state index contributed by atoms with van der Waals surface area (Å²) < 4.78 is 10.9. The van der Waals surface area contributed by atoms with Crippen molar-refractivity contribution in [3.05, 3.63) is 28.8 Å². The van der Waals surface area contributed by atoms with Crippen LogP contribution in [0.5, 0.6) is 5.75 Å². The highest BCUT2D eigenvalue weighted by Crippen LogP contribution is 2.28. The van der Waals surface area contributed by atoms with Crippen molar-refractivity contribution in [2.24, 2.45) is 5.73 Å². The zero-order valence-electron chi connectivity index (χ0n) is 15.2. The SMILES string of the molecule is COCCNC(=O)c1ccc(OC2CCN(C(=O)C(C)N)CC2)c(Cl)c1. The summed E-state index contributed by atoms with van der Waals surface area (Å²) in [5.74, 6) is 0.292. The molecule has 8 heteroatoms. The van der Waals surface area contributed by atoms with Crippen LogP contribution in [0.4, 0.5) is 0 Å². The Morgan fingerprint density at radius 3 is 2.65 bits per heavy atom. The van der Waals surface area contributed by atoms with Gasteiger partial charge in [-0.3, -0.25) is 9.59 Å². The van der Waals surface area contributed by atoms with Crippen LogP contribution in [0.2, 0.25) is 5.02 Å².